The van der Waals surface area contributed by atoms with Crippen LogP contribution in [0.3, 0.4) is 0 Å². The molecule has 2 aromatic rings. The molecule has 3 rings (SSSR count). The van der Waals surface area contributed by atoms with Crippen LogP contribution >= 0.6 is 0 Å². The van der Waals surface area contributed by atoms with Gasteiger partial charge < -0.3 is 5.53 Å². The molecule has 0 atom stereocenters. The molecule has 0 N–H and O–H groups in total. The zero-order chi connectivity index (χ0) is 26.9. The molecule has 1 aliphatic heterocycles. The van der Waals surface area contributed by atoms with Crippen LogP contribution in [0.1, 0.15) is 129 Å². The molecule has 0 bridgehead atoms. The van der Waals surface area contributed by atoms with E-state index in [0.29, 0.717) is 0 Å². The van der Waals surface area contributed by atoms with E-state index in [0.717, 1.165) is 48.2 Å². The fourth-order valence-electron chi connectivity index (χ4n) is 5.98. The van der Waals surface area contributed by atoms with E-state index in [9.17, 15) is 5.53 Å². The zero-order valence-corrected chi connectivity index (χ0v) is 26.1. The average Bonchev–Trinajstić information content (AvgIpc) is 3.18. The van der Waals surface area contributed by atoms with Gasteiger partial charge >= 0.3 is 0 Å². The smallest absolute Gasteiger partial charge is 0.210 e. The summed E-state index contributed by atoms with van der Waals surface area (Å²) in [6.07, 6.45) is 16.6. The summed E-state index contributed by atoms with van der Waals surface area (Å²) in [6.45, 7) is 15.7. The number of allylic oxidation sites excluding steroid dienone is 2. The molecule has 0 fully saturated rings. The topological polar surface area (TPSA) is 25.3 Å². The first-order valence-electron chi connectivity index (χ1n) is 15.0. The van der Waals surface area contributed by atoms with Crippen molar-refractivity contribution in [3.63, 3.8) is 0 Å². The van der Waals surface area contributed by atoms with E-state index >= 15 is 0 Å². The summed E-state index contributed by atoms with van der Waals surface area (Å²) in [5.74, 6) is 0. The van der Waals surface area contributed by atoms with Crippen LogP contribution in [0.4, 0.5) is 0 Å². The van der Waals surface area contributed by atoms with Gasteiger partial charge in [0.25, 0.3) is 0 Å². The van der Waals surface area contributed by atoms with E-state index in [1.165, 1.54) is 95.0 Å². The quantitative estimate of drug-likeness (QED) is 0.125. The van der Waals surface area contributed by atoms with Gasteiger partial charge in [0.1, 0.15) is 0 Å². The summed E-state index contributed by atoms with van der Waals surface area (Å²) in [5.41, 5.74) is 25.3. The Balaban J connectivity index is 0.00000507. The van der Waals surface area contributed by atoms with Crippen LogP contribution in [-0.2, 0) is 29.3 Å². The standard InChI is InChI=1S/C35H50N2.Ni/c1-8-11-14-17-29-24-34(30-20-25(4)32(26(5)21-30)18-15-12-9-2)37(36)35(29)31-22-27(6)33(28(7)23-31)19-16-13-10-3;/h20-24H,8-19H2,1-7H3;. The number of nitrogens with zero attached hydrogens (tertiary/aromatic N) is 2. The number of hydrogen-bond donors (Lipinski definition) is 0. The SMILES string of the molecule is CCCCCC1=C(c2cc(C)c(CCCCC)c(C)c2)[N+](=[N-])C(c2cc(C)c(CCCCC)c(C)c2)=C1.[Ni]. The molecule has 0 aromatic heterocycles. The Hall–Kier alpha value is -1.99. The fourth-order valence-corrected chi connectivity index (χ4v) is 5.98. The average molecular weight is 557 g/mol. The van der Waals surface area contributed by atoms with Gasteiger partial charge in [-0.2, -0.15) is 0 Å². The fraction of sp³-hybridized carbons (Fsp3) is 0.543. The molecule has 1 heterocycles. The molecule has 0 radical (unpaired) electrons. The third kappa shape index (κ3) is 7.78. The molecule has 1 aliphatic rings. The van der Waals surface area contributed by atoms with Crippen LogP contribution in [-0.4, -0.2) is 4.70 Å². The van der Waals surface area contributed by atoms with E-state index < -0.39 is 0 Å². The second kappa shape index (κ2) is 15.6. The third-order valence-corrected chi connectivity index (χ3v) is 8.13. The minimum Gasteiger partial charge on any atom is -0.493 e. The number of aryl methyl sites for hydroxylation is 4. The number of benzene rings is 2. The normalized spacial score (nSPS) is 13.2. The zero-order valence-electron chi connectivity index (χ0n) is 25.1. The van der Waals surface area contributed by atoms with Gasteiger partial charge in [0.05, 0.1) is 0 Å². The molecule has 0 spiro atoms. The maximum atomic E-state index is 11.6. The molecule has 0 aliphatic carbocycles. The van der Waals surface area contributed by atoms with Gasteiger partial charge in [0.2, 0.25) is 11.4 Å². The summed E-state index contributed by atoms with van der Waals surface area (Å²) in [7, 11) is 0. The Morgan fingerprint density at radius 1 is 0.579 bits per heavy atom. The van der Waals surface area contributed by atoms with Crippen molar-refractivity contribution in [2.45, 2.75) is 126 Å². The van der Waals surface area contributed by atoms with Gasteiger partial charge in [-0.25, -0.2) is 4.70 Å². The van der Waals surface area contributed by atoms with E-state index in [2.05, 4.69) is 78.8 Å². The van der Waals surface area contributed by atoms with Gasteiger partial charge in [-0.3, -0.25) is 0 Å². The Morgan fingerprint density at radius 2 is 0.974 bits per heavy atom. The van der Waals surface area contributed by atoms with E-state index in [-0.39, 0.29) is 16.5 Å². The molecular weight excluding hydrogens is 507 g/mol. The molecule has 38 heavy (non-hydrogen) atoms. The van der Waals surface area contributed by atoms with Gasteiger partial charge in [-0.1, -0.05) is 59.3 Å². The summed E-state index contributed by atoms with van der Waals surface area (Å²) in [5, 5.41) is 0. The molecule has 3 heteroatoms. The molecule has 210 valence electrons. The number of hydrogen-bond acceptors (Lipinski definition) is 0. The number of rotatable bonds is 14. The monoisotopic (exact) mass is 556 g/mol. The summed E-state index contributed by atoms with van der Waals surface area (Å²) < 4.78 is 1.48. The Labute approximate surface area is 243 Å². The molecule has 0 amide bonds. The van der Waals surface area contributed by atoms with E-state index in [1.807, 2.05) is 0 Å². The Morgan fingerprint density at radius 3 is 1.39 bits per heavy atom. The van der Waals surface area contributed by atoms with Gasteiger partial charge in [0, 0.05) is 39.3 Å². The summed E-state index contributed by atoms with van der Waals surface area (Å²) >= 11 is 0. The van der Waals surface area contributed by atoms with Crippen LogP contribution in [0.25, 0.3) is 16.9 Å². The van der Waals surface area contributed by atoms with Crippen molar-refractivity contribution in [3.8, 4) is 0 Å². The van der Waals surface area contributed by atoms with Crippen molar-refractivity contribution in [1.82, 2.24) is 0 Å². The molecule has 0 saturated carbocycles. The first kappa shape index (κ1) is 32.2. The number of unbranched alkanes of at least 4 members (excludes halogenated alkanes) is 6. The van der Waals surface area contributed by atoms with Crippen LogP contribution in [0, 0.1) is 27.7 Å². The maximum absolute atomic E-state index is 11.6. The predicted octanol–water partition coefficient (Wildman–Crippen LogP) is 10.8. The van der Waals surface area contributed by atoms with E-state index in [4.69, 9.17) is 0 Å². The second-order valence-electron chi connectivity index (χ2n) is 11.3. The van der Waals surface area contributed by atoms with Crippen molar-refractivity contribution in [1.29, 1.82) is 0 Å². The summed E-state index contributed by atoms with van der Waals surface area (Å²) in [6, 6.07) is 9.17. The molecule has 2 nitrogen and oxygen atoms in total. The third-order valence-electron chi connectivity index (χ3n) is 8.13. The molecular formula is C35H50N2Ni. The van der Waals surface area contributed by atoms with Crippen LogP contribution in [0.2, 0.25) is 0 Å². The Bertz CT molecular complexity index is 1120. The maximum Gasteiger partial charge on any atom is 0.210 e. The molecule has 0 saturated heterocycles. The predicted molar refractivity (Wildman–Crippen MR) is 161 cm³/mol. The van der Waals surface area contributed by atoms with Crippen molar-refractivity contribution in [2.24, 2.45) is 0 Å². The van der Waals surface area contributed by atoms with Gasteiger partial charge in [-0.15, -0.1) is 0 Å². The largest absolute Gasteiger partial charge is 0.493 e. The van der Waals surface area contributed by atoms with Crippen molar-refractivity contribution >= 4 is 11.4 Å². The van der Waals surface area contributed by atoms with Crippen LogP contribution in [0.15, 0.2) is 35.9 Å². The van der Waals surface area contributed by atoms with Gasteiger partial charge in [0.15, 0.2) is 0 Å². The van der Waals surface area contributed by atoms with Crippen LogP contribution in [0.5, 0.6) is 0 Å². The van der Waals surface area contributed by atoms with Crippen LogP contribution < -0.4 is 0 Å². The van der Waals surface area contributed by atoms with Crippen molar-refractivity contribution in [3.05, 3.63) is 86.0 Å². The Kier molecular flexibility index (Phi) is 13.2. The first-order chi connectivity index (χ1) is 17.8. The molecule has 2 aromatic carbocycles. The molecule has 0 unspecified atom stereocenters. The minimum absolute atomic E-state index is 0. The van der Waals surface area contributed by atoms with Crippen molar-refractivity contribution in [2.75, 3.05) is 0 Å². The summed E-state index contributed by atoms with van der Waals surface area (Å²) in [4.78, 5) is 0. The van der Waals surface area contributed by atoms with E-state index in [1.54, 1.807) is 0 Å². The minimum atomic E-state index is 0. The second-order valence-corrected chi connectivity index (χ2v) is 11.3. The first-order valence-corrected chi connectivity index (χ1v) is 15.0. The van der Waals surface area contributed by atoms with Crippen molar-refractivity contribution < 1.29 is 21.2 Å². The van der Waals surface area contributed by atoms with Gasteiger partial charge in [-0.05, 0) is 124 Å².